The predicted octanol–water partition coefficient (Wildman–Crippen LogP) is 3.06. The highest BCUT2D eigenvalue weighted by Gasteiger charge is 2.12. The molecule has 122 valence electrons. The summed E-state index contributed by atoms with van der Waals surface area (Å²) in [6.07, 6.45) is 0. The van der Waals surface area contributed by atoms with Gasteiger partial charge in [-0.05, 0) is 36.6 Å². The number of hydrogen-bond acceptors (Lipinski definition) is 2. The minimum absolute atomic E-state index is 0.113. The third-order valence-corrected chi connectivity index (χ3v) is 4.08. The molecule has 6 heteroatoms. The van der Waals surface area contributed by atoms with Crippen molar-refractivity contribution in [2.75, 3.05) is 0 Å². The van der Waals surface area contributed by atoms with Gasteiger partial charge in [0.25, 0.3) is 11.8 Å². The van der Waals surface area contributed by atoms with E-state index in [1.807, 2.05) is 41.8 Å². The minimum Gasteiger partial charge on any atom is -0.335 e. The molecule has 0 spiro atoms. The van der Waals surface area contributed by atoms with Crippen LogP contribution in [0.3, 0.4) is 0 Å². The molecule has 0 aliphatic heterocycles. The molecule has 5 nitrogen and oxygen atoms in total. The van der Waals surface area contributed by atoms with Crippen LogP contribution < -0.4 is 10.9 Å². The fourth-order valence-corrected chi connectivity index (χ4v) is 2.80. The number of benzene rings is 2. The Bertz CT molecular complexity index is 918. The number of rotatable bonds is 3. The maximum Gasteiger partial charge on any atom is 0.271 e. The first-order valence-electron chi connectivity index (χ1n) is 7.45. The van der Waals surface area contributed by atoms with Gasteiger partial charge in [0.1, 0.15) is 6.54 Å². The van der Waals surface area contributed by atoms with Crippen LogP contribution in [0, 0.1) is 6.92 Å². The molecule has 0 saturated heterocycles. The van der Waals surface area contributed by atoms with E-state index in [9.17, 15) is 9.59 Å². The van der Waals surface area contributed by atoms with Crippen LogP contribution in [0.5, 0.6) is 0 Å². The Labute approximate surface area is 144 Å². The summed E-state index contributed by atoms with van der Waals surface area (Å²) in [6.45, 7) is 2.05. The van der Waals surface area contributed by atoms with Crippen LogP contribution in [-0.4, -0.2) is 16.4 Å². The molecule has 1 heterocycles. The number of amides is 2. The second kappa shape index (κ2) is 6.76. The lowest BCUT2D eigenvalue weighted by atomic mass is 10.2. The Morgan fingerprint density at radius 1 is 1.04 bits per heavy atom. The summed E-state index contributed by atoms with van der Waals surface area (Å²) in [5.41, 5.74) is 7.06. The number of carbonyl (C=O) groups is 2. The highest BCUT2D eigenvalue weighted by atomic mass is 35.5. The number of hydrogen-bond donors (Lipinski definition) is 2. The zero-order valence-electron chi connectivity index (χ0n) is 13.0. The second-order valence-corrected chi connectivity index (χ2v) is 5.82. The predicted molar refractivity (Wildman–Crippen MR) is 93.7 cm³/mol. The number of carbonyl (C=O) groups excluding carboxylic acids is 2. The first kappa shape index (κ1) is 16.1. The molecule has 3 rings (SSSR count). The number of hydrazine groups is 1. The van der Waals surface area contributed by atoms with Crippen molar-refractivity contribution in [2.24, 2.45) is 0 Å². The van der Waals surface area contributed by atoms with E-state index < -0.39 is 5.91 Å². The number of aromatic nitrogens is 1. The third kappa shape index (κ3) is 3.26. The fraction of sp³-hybridized carbons (Fsp3) is 0.111. The van der Waals surface area contributed by atoms with Crippen LogP contribution >= 0.6 is 11.6 Å². The molecule has 0 saturated carbocycles. The average Bonchev–Trinajstić information content (AvgIpc) is 2.89. The lowest BCUT2D eigenvalue weighted by Gasteiger charge is -2.11. The van der Waals surface area contributed by atoms with E-state index in [0.717, 1.165) is 16.6 Å². The van der Waals surface area contributed by atoms with Gasteiger partial charge in [-0.25, -0.2) is 0 Å². The van der Waals surface area contributed by atoms with Crippen LogP contribution in [-0.2, 0) is 11.3 Å². The van der Waals surface area contributed by atoms with E-state index >= 15 is 0 Å². The molecule has 2 N–H and O–H groups in total. The van der Waals surface area contributed by atoms with Gasteiger partial charge < -0.3 is 4.57 Å². The standard InChI is InChI=1S/C18H16ClN3O2/c1-12-10-13-6-2-5-9-16(13)22(12)11-17(23)20-21-18(24)14-7-3-4-8-15(14)19/h2-10H,11H2,1H3,(H,20,23)(H,21,24). The first-order chi connectivity index (χ1) is 11.6. The van der Waals surface area contributed by atoms with Gasteiger partial charge in [0.2, 0.25) is 0 Å². The van der Waals surface area contributed by atoms with E-state index in [1.165, 1.54) is 0 Å². The van der Waals surface area contributed by atoms with Gasteiger partial charge in [-0.1, -0.05) is 41.9 Å². The quantitative estimate of drug-likeness (QED) is 0.719. The number of halogens is 1. The van der Waals surface area contributed by atoms with Crippen LogP contribution in [0.15, 0.2) is 54.6 Å². The van der Waals surface area contributed by atoms with Crippen molar-refractivity contribution in [3.8, 4) is 0 Å². The maximum absolute atomic E-state index is 12.1. The van der Waals surface area contributed by atoms with E-state index in [4.69, 9.17) is 11.6 Å². The van der Waals surface area contributed by atoms with Gasteiger partial charge in [-0.15, -0.1) is 0 Å². The molecular weight excluding hydrogens is 326 g/mol. The molecule has 0 fully saturated rings. The molecule has 2 amide bonds. The number of para-hydroxylation sites is 1. The Kier molecular flexibility index (Phi) is 4.53. The molecule has 2 aromatic carbocycles. The Balaban J connectivity index is 1.67. The molecule has 0 aliphatic carbocycles. The highest BCUT2D eigenvalue weighted by Crippen LogP contribution is 2.19. The van der Waals surface area contributed by atoms with Crippen molar-refractivity contribution >= 4 is 34.3 Å². The molecule has 0 aliphatic rings. The monoisotopic (exact) mass is 341 g/mol. The van der Waals surface area contributed by atoms with Crippen molar-refractivity contribution in [1.82, 2.24) is 15.4 Å². The van der Waals surface area contributed by atoms with Crippen molar-refractivity contribution in [1.29, 1.82) is 0 Å². The van der Waals surface area contributed by atoms with E-state index in [1.54, 1.807) is 24.3 Å². The Morgan fingerprint density at radius 2 is 1.75 bits per heavy atom. The fourth-order valence-electron chi connectivity index (χ4n) is 2.58. The van der Waals surface area contributed by atoms with Crippen LogP contribution in [0.4, 0.5) is 0 Å². The van der Waals surface area contributed by atoms with E-state index in [2.05, 4.69) is 10.9 Å². The maximum atomic E-state index is 12.1. The third-order valence-electron chi connectivity index (χ3n) is 3.75. The van der Waals surface area contributed by atoms with E-state index in [-0.39, 0.29) is 12.5 Å². The van der Waals surface area contributed by atoms with Gasteiger partial charge >= 0.3 is 0 Å². The van der Waals surface area contributed by atoms with Crippen molar-refractivity contribution in [3.05, 3.63) is 70.9 Å². The summed E-state index contributed by atoms with van der Waals surface area (Å²) in [7, 11) is 0. The molecule has 0 unspecified atom stereocenters. The van der Waals surface area contributed by atoms with Gasteiger partial charge in [0, 0.05) is 11.2 Å². The topological polar surface area (TPSA) is 63.1 Å². The molecule has 3 aromatic rings. The second-order valence-electron chi connectivity index (χ2n) is 5.41. The minimum atomic E-state index is -0.456. The van der Waals surface area contributed by atoms with Crippen molar-refractivity contribution in [2.45, 2.75) is 13.5 Å². The zero-order chi connectivity index (χ0) is 17.1. The summed E-state index contributed by atoms with van der Waals surface area (Å²) >= 11 is 5.96. The molecule has 0 bridgehead atoms. The summed E-state index contributed by atoms with van der Waals surface area (Å²) in [5, 5.41) is 1.40. The number of aryl methyl sites for hydroxylation is 1. The lowest BCUT2D eigenvalue weighted by Crippen LogP contribution is -2.43. The zero-order valence-corrected chi connectivity index (χ0v) is 13.8. The average molecular weight is 342 g/mol. The summed E-state index contributed by atoms with van der Waals surface area (Å²) in [6, 6.07) is 16.5. The smallest absolute Gasteiger partial charge is 0.271 e. The van der Waals surface area contributed by atoms with Gasteiger partial charge in [-0.3, -0.25) is 20.4 Å². The first-order valence-corrected chi connectivity index (χ1v) is 7.82. The Hall–Kier alpha value is -2.79. The molecule has 1 aromatic heterocycles. The Morgan fingerprint density at radius 3 is 2.54 bits per heavy atom. The van der Waals surface area contributed by atoms with Gasteiger partial charge in [0.05, 0.1) is 10.6 Å². The normalized spacial score (nSPS) is 10.6. The van der Waals surface area contributed by atoms with Crippen molar-refractivity contribution < 1.29 is 9.59 Å². The van der Waals surface area contributed by atoms with Crippen molar-refractivity contribution in [3.63, 3.8) is 0 Å². The number of nitrogens with zero attached hydrogens (tertiary/aromatic N) is 1. The molecule has 24 heavy (non-hydrogen) atoms. The van der Waals surface area contributed by atoms with Crippen LogP contribution in [0.25, 0.3) is 10.9 Å². The van der Waals surface area contributed by atoms with Gasteiger partial charge in [0.15, 0.2) is 0 Å². The SMILES string of the molecule is Cc1cc2ccccc2n1CC(=O)NNC(=O)c1ccccc1Cl. The highest BCUT2D eigenvalue weighted by molar-refractivity contribution is 6.33. The largest absolute Gasteiger partial charge is 0.335 e. The molecular formula is C18H16ClN3O2. The molecule has 0 atom stereocenters. The van der Waals surface area contributed by atoms with Crippen LogP contribution in [0.2, 0.25) is 5.02 Å². The summed E-state index contributed by atoms with van der Waals surface area (Å²) in [5.74, 6) is -0.775. The molecule has 0 radical (unpaired) electrons. The summed E-state index contributed by atoms with van der Waals surface area (Å²) < 4.78 is 1.90. The summed E-state index contributed by atoms with van der Waals surface area (Å²) in [4.78, 5) is 24.2. The van der Waals surface area contributed by atoms with E-state index in [0.29, 0.717) is 10.6 Å². The van der Waals surface area contributed by atoms with Gasteiger partial charge in [-0.2, -0.15) is 0 Å². The van der Waals surface area contributed by atoms with Crippen LogP contribution in [0.1, 0.15) is 16.1 Å². The number of fused-ring (bicyclic) bond motifs is 1. The lowest BCUT2D eigenvalue weighted by molar-refractivity contribution is -0.122. The number of nitrogens with one attached hydrogen (secondary N) is 2.